The number of nitrogens with one attached hydrogen (secondary N) is 2. The Balaban J connectivity index is 1.52. The second-order valence-corrected chi connectivity index (χ2v) is 10.7. The van der Waals surface area contributed by atoms with Crippen LogP contribution in [0.5, 0.6) is 0 Å². The Morgan fingerprint density at radius 1 is 1.18 bits per heavy atom. The second-order valence-electron chi connectivity index (χ2n) is 9.19. The van der Waals surface area contributed by atoms with Crippen molar-refractivity contribution in [3.05, 3.63) is 113 Å². The summed E-state index contributed by atoms with van der Waals surface area (Å²) in [5.41, 5.74) is 2.54. The molecule has 190 valence electrons. The Bertz CT molecular complexity index is 1470. The Morgan fingerprint density at radius 2 is 1.95 bits per heavy atom. The molecule has 2 aromatic carbocycles. The van der Waals surface area contributed by atoms with Crippen LogP contribution in [0.25, 0.3) is 0 Å². The standard InChI is InChI=1S/C29H24FN5O2S/c30-23-6-8-24(9-7-23)34-27-15-22-12-14-35(38(37)25-10-4-20(17-31)5-11-25)19-29(22,16-21(27)18-32)28(36)26-3-1-2-13-33-26/h1-11,13,15,18,32,34H,12,14,16,19H2. The Labute approximate surface area is 223 Å². The van der Waals surface area contributed by atoms with E-state index in [4.69, 9.17) is 10.7 Å². The van der Waals surface area contributed by atoms with Gasteiger partial charge in [-0.05, 0) is 85.2 Å². The first-order valence-electron chi connectivity index (χ1n) is 12.0. The van der Waals surface area contributed by atoms with Crippen LogP contribution in [0.15, 0.2) is 101 Å². The van der Waals surface area contributed by atoms with Gasteiger partial charge in [0.1, 0.15) is 11.5 Å². The minimum Gasteiger partial charge on any atom is -0.593 e. The molecule has 0 radical (unpaired) electrons. The molecule has 1 aliphatic heterocycles. The maximum atomic E-state index is 14.1. The number of Topliss-reactive ketones (excluding diaryl/α,β-unsaturated/α-hetero) is 1. The quantitative estimate of drug-likeness (QED) is 0.254. The summed E-state index contributed by atoms with van der Waals surface area (Å²) in [6.07, 6.45) is 5.41. The first kappa shape index (κ1) is 25.5. The van der Waals surface area contributed by atoms with Crippen LogP contribution in [0, 0.1) is 28.0 Å². The molecular weight excluding hydrogens is 501 g/mol. The third-order valence-corrected chi connectivity index (χ3v) is 8.35. The average Bonchev–Trinajstić information content (AvgIpc) is 2.97. The van der Waals surface area contributed by atoms with Crippen LogP contribution in [0.3, 0.4) is 0 Å². The molecule has 2 N–H and O–H groups in total. The molecule has 1 fully saturated rings. The maximum absolute atomic E-state index is 14.1. The van der Waals surface area contributed by atoms with Gasteiger partial charge in [-0.1, -0.05) is 11.6 Å². The van der Waals surface area contributed by atoms with Crippen molar-refractivity contribution in [2.45, 2.75) is 17.7 Å². The first-order chi connectivity index (χ1) is 18.4. The van der Waals surface area contributed by atoms with Gasteiger partial charge in [-0.3, -0.25) is 9.78 Å². The third-order valence-electron chi connectivity index (χ3n) is 6.90. The fourth-order valence-electron chi connectivity index (χ4n) is 4.94. The van der Waals surface area contributed by atoms with Crippen LogP contribution >= 0.6 is 0 Å². The average molecular weight is 526 g/mol. The molecule has 9 heteroatoms. The highest BCUT2D eigenvalue weighted by Gasteiger charge is 2.51. The summed E-state index contributed by atoms with van der Waals surface area (Å²) >= 11 is -1.55. The number of nitrogens with zero attached hydrogens (tertiary/aromatic N) is 3. The molecule has 1 aliphatic carbocycles. The van der Waals surface area contributed by atoms with Crippen LogP contribution < -0.4 is 5.32 Å². The molecule has 1 aromatic heterocycles. The summed E-state index contributed by atoms with van der Waals surface area (Å²) < 4.78 is 28.8. The van der Waals surface area contributed by atoms with Crippen molar-refractivity contribution in [1.82, 2.24) is 9.29 Å². The van der Waals surface area contributed by atoms with Crippen molar-refractivity contribution in [2.24, 2.45) is 5.41 Å². The summed E-state index contributed by atoms with van der Waals surface area (Å²) in [6, 6.07) is 19.8. The zero-order chi connectivity index (χ0) is 26.7. The van der Waals surface area contributed by atoms with Crippen molar-refractivity contribution in [2.75, 3.05) is 18.4 Å². The number of allylic oxidation sites excluding steroid dienone is 2. The number of benzene rings is 2. The molecule has 38 heavy (non-hydrogen) atoms. The second kappa shape index (κ2) is 10.7. The van der Waals surface area contributed by atoms with Gasteiger partial charge in [0.05, 0.1) is 35.0 Å². The number of hydrogen-bond donors (Lipinski definition) is 2. The van der Waals surface area contributed by atoms with Gasteiger partial charge in [-0.15, -0.1) is 4.31 Å². The largest absolute Gasteiger partial charge is 0.593 e. The molecule has 2 unspecified atom stereocenters. The van der Waals surface area contributed by atoms with E-state index in [0.29, 0.717) is 46.1 Å². The lowest BCUT2D eigenvalue weighted by atomic mass is 9.65. The molecule has 0 spiro atoms. The van der Waals surface area contributed by atoms with Crippen molar-refractivity contribution < 1.29 is 13.7 Å². The van der Waals surface area contributed by atoms with Crippen LogP contribution in [0.1, 0.15) is 28.9 Å². The topological polar surface area (TPSA) is 116 Å². The summed E-state index contributed by atoms with van der Waals surface area (Å²) in [5, 5.41) is 20.5. The van der Waals surface area contributed by atoms with Gasteiger partial charge in [0.25, 0.3) is 0 Å². The van der Waals surface area contributed by atoms with E-state index in [1.807, 2.05) is 6.08 Å². The SMILES string of the molecule is N#Cc1ccc([S+]([O-])N2CCC3=CC(Nc4ccc(F)cc4)=C(C=N)CC3(C(=O)c3ccccn3)C2)cc1. The predicted octanol–water partition coefficient (Wildman–Crippen LogP) is 5.04. The number of carbonyl (C=O) groups excluding carboxylic acids is 1. The summed E-state index contributed by atoms with van der Waals surface area (Å²) in [6.45, 7) is 0.640. The maximum Gasteiger partial charge on any atom is 0.193 e. The molecule has 2 atom stereocenters. The van der Waals surface area contributed by atoms with Crippen molar-refractivity contribution in [3.63, 3.8) is 0 Å². The number of pyridine rings is 1. The van der Waals surface area contributed by atoms with Gasteiger partial charge < -0.3 is 15.3 Å². The predicted molar refractivity (Wildman–Crippen MR) is 143 cm³/mol. The van der Waals surface area contributed by atoms with Gasteiger partial charge in [-0.25, -0.2) is 4.39 Å². The summed E-state index contributed by atoms with van der Waals surface area (Å²) in [7, 11) is 0. The van der Waals surface area contributed by atoms with Crippen LogP contribution in [-0.4, -0.2) is 38.9 Å². The Morgan fingerprint density at radius 3 is 2.61 bits per heavy atom. The van der Waals surface area contributed by atoms with E-state index in [-0.39, 0.29) is 24.6 Å². The minimum absolute atomic E-state index is 0.183. The molecule has 2 heterocycles. The number of anilines is 1. The van der Waals surface area contributed by atoms with Crippen molar-refractivity contribution in [3.8, 4) is 6.07 Å². The van der Waals surface area contributed by atoms with Crippen LogP contribution in [0.2, 0.25) is 0 Å². The number of nitriles is 1. The van der Waals surface area contributed by atoms with E-state index in [2.05, 4.69) is 16.4 Å². The number of rotatable bonds is 7. The Kier molecular flexibility index (Phi) is 7.20. The number of halogens is 1. The molecule has 2 aliphatic rings. The normalized spacial score (nSPS) is 20.1. The van der Waals surface area contributed by atoms with Gasteiger partial charge in [0.15, 0.2) is 10.7 Å². The molecule has 0 saturated carbocycles. The van der Waals surface area contributed by atoms with Crippen molar-refractivity contribution in [1.29, 1.82) is 10.7 Å². The molecule has 0 amide bonds. The monoisotopic (exact) mass is 525 g/mol. The summed E-state index contributed by atoms with van der Waals surface area (Å²) in [4.78, 5) is 18.9. The van der Waals surface area contributed by atoms with E-state index >= 15 is 0 Å². The van der Waals surface area contributed by atoms with E-state index in [1.165, 1.54) is 18.3 Å². The molecule has 7 nitrogen and oxygen atoms in total. The zero-order valence-electron chi connectivity index (χ0n) is 20.4. The number of aromatic nitrogens is 1. The number of fused-ring (bicyclic) bond motifs is 1. The van der Waals surface area contributed by atoms with E-state index in [0.717, 1.165) is 5.57 Å². The minimum atomic E-state index is -1.55. The number of ketones is 1. The highest BCUT2D eigenvalue weighted by Crippen LogP contribution is 2.47. The third kappa shape index (κ3) is 4.89. The lowest BCUT2D eigenvalue weighted by molar-refractivity contribution is 0.0769. The number of piperidine rings is 1. The number of carbonyl (C=O) groups is 1. The van der Waals surface area contributed by atoms with Crippen LogP contribution in [0.4, 0.5) is 10.1 Å². The van der Waals surface area contributed by atoms with E-state index < -0.39 is 16.8 Å². The van der Waals surface area contributed by atoms with Gasteiger partial charge >= 0.3 is 0 Å². The smallest absolute Gasteiger partial charge is 0.193 e. The molecule has 1 saturated heterocycles. The highest BCUT2D eigenvalue weighted by atomic mass is 32.2. The molecule has 0 bridgehead atoms. The lowest BCUT2D eigenvalue weighted by Gasteiger charge is -2.45. The van der Waals surface area contributed by atoms with Crippen LogP contribution in [-0.2, 0) is 11.4 Å². The number of hydrogen-bond acceptors (Lipinski definition) is 7. The summed E-state index contributed by atoms with van der Waals surface area (Å²) in [5.74, 6) is -0.535. The first-order valence-corrected chi connectivity index (χ1v) is 13.1. The lowest BCUT2D eigenvalue weighted by Crippen LogP contribution is -2.52. The van der Waals surface area contributed by atoms with Gasteiger partial charge in [0, 0.05) is 30.3 Å². The molecule has 5 rings (SSSR count). The molecular formula is C29H24FN5O2S. The van der Waals surface area contributed by atoms with E-state index in [1.54, 1.807) is 65.1 Å². The zero-order valence-corrected chi connectivity index (χ0v) is 21.2. The molecule has 3 aromatic rings. The fourth-order valence-corrected chi connectivity index (χ4v) is 6.21. The Hall–Kier alpha value is -4.10. The van der Waals surface area contributed by atoms with E-state index in [9.17, 15) is 13.7 Å². The van der Waals surface area contributed by atoms with Crippen molar-refractivity contribution >= 4 is 29.0 Å². The fraction of sp³-hybridized carbons (Fsp3) is 0.172. The van der Waals surface area contributed by atoms with Gasteiger partial charge in [0.2, 0.25) is 0 Å². The van der Waals surface area contributed by atoms with Gasteiger partial charge in [-0.2, -0.15) is 5.26 Å². The highest BCUT2D eigenvalue weighted by molar-refractivity contribution is 7.89.